The highest BCUT2D eigenvalue weighted by molar-refractivity contribution is 8.00. The number of amides is 3. The summed E-state index contributed by atoms with van der Waals surface area (Å²) in [4.78, 5) is 48.0. The molecule has 1 aromatic rings. The van der Waals surface area contributed by atoms with Crippen molar-refractivity contribution in [2.75, 3.05) is 25.4 Å². The Kier molecular flexibility index (Phi) is 5.75. The van der Waals surface area contributed by atoms with E-state index in [4.69, 9.17) is 4.74 Å². The monoisotopic (exact) mass is 336 g/mol. The van der Waals surface area contributed by atoms with Gasteiger partial charge in [-0.15, -0.1) is 11.8 Å². The van der Waals surface area contributed by atoms with Gasteiger partial charge in [0, 0.05) is 18.0 Å². The fourth-order valence-electron chi connectivity index (χ4n) is 1.93. The number of benzene rings is 1. The van der Waals surface area contributed by atoms with Crippen molar-refractivity contribution in [2.45, 2.75) is 11.8 Å². The van der Waals surface area contributed by atoms with Gasteiger partial charge in [-0.2, -0.15) is 0 Å². The first-order chi connectivity index (χ1) is 11.0. The van der Waals surface area contributed by atoms with Gasteiger partial charge in [0.25, 0.3) is 5.91 Å². The van der Waals surface area contributed by atoms with Crippen molar-refractivity contribution in [3.8, 4) is 0 Å². The van der Waals surface area contributed by atoms with E-state index in [-0.39, 0.29) is 23.6 Å². The lowest BCUT2D eigenvalue weighted by Crippen LogP contribution is -2.37. The summed E-state index contributed by atoms with van der Waals surface area (Å²) in [5.41, 5.74) is 0.289. The second kappa shape index (κ2) is 7.77. The molecule has 7 nitrogen and oxygen atoms in total. The molecule has 23 heavy (non-hydrogen) atoms. The number of rotatable bonds is 6. The number of thioether (sulfide) groups is 1. The maximum absolute atomic E-state index is 12.1. The normalized spacial score (nSPS) is 13.6. The zero-order valence-electron chi connectivity index (χ0n) is 12.5. The average molecular weight is 336 g/mol. The van der Waals surface area contributed by atoms with Gasteiger partial charge in [-0.05, 0) is 19.1 Å². The minimum atomic E-state index is -0.662. The summed E-state index contributed by atoms with van der Waals surface area (Å²) >= 11 is 1.23. The Bertz CT molecular complexity index is 647. The van der Waals surface area contributed by atoms with E-state index in [9.17, 15) is 19.2 Å². The highest BCUT2D eigenvalue weighted by Gasteiger charge is 2.27. The minimum absolute atomic E-state index is 0.00612. The van der Waals surface area contributed by atoms with E-state index < -0.39 is 24.5 Å². The molecule has 1 saturated heterocycles. The van der Waals surface area contributed by atoms with Crippen molar-refractivity contribution >= 4 is 35.5 Å². The number of nitrogens with one attached hydrogen (secondary N) is 1. The van der Waals surface area contributed by atoms with Crippen LogP contribution in [0.1, 0.15) is 17.3 Å². The lowest BCUT2D eigenvalue weighted by Gasteiger charge is -2.13. The van der Waals surface area contributed by atoms with E-state index in [2.05, 4.69) is 5.32 Å². The zero-order chi connectivity index (χ0) is 16.8. The number of hydrogen-bond acceptors (Lipinski definition) is 6. The van der Waals surface area contributed by atoms with Gasteiger partial charge in [-0.25, -0.2) is 9.59 Å². The molecular formula is C15H16N2O5S. The molecule has 1 aliphatic heterocycles. The smallest absolute Gasteiger partial charge is 0.339 e. The van der Waals surface area contributed by atoms with Crippen LogP contribution in [-0.2, 0) is 14.3 Å². The third kappa shape index (κ3) is 4.56. The van der Waals surface area contributed by atoms with Gasteiger partial charge in [0.05, 0.1) is 11.3 Å². The fourth-order valence-corrected chi connectivity index (χ4v) is 2.77. The number of Topliss-reactive ketones (excluding diaryl/α,β-unsaturated/α-hetero) is 1. The Balaban J connectivity index is 1.96. The molecule has 0 saturated carbocycles. The SMILES string of the molecule is CC(=O)CSc1ccccc1C(=O)OCC(=O)N1CCNC1=O. The summed E-state index contributed by atoms with van der Waals surface area (Å²) in [6, 6.07) is 6.21. The number of urea groups is 1. The van der Waals surface area contributed by atoms with Crippen LogP contribution in [0.5, 0.6) is 0 Å². The molecule has 0 aromatic heterocycles. The molecule has 0 atom stereocenters. The summed E-state index contributed by atoms with van der Waals surface area (Å²) in [6.07, 6.45) is 0. The van der Waals surface area contributed by atoms with Crippen LogP contribution < -0.4 is 5.32 Å². The van der Waals surface area contributed by atoms with Crippen LogP contribution in [0.25, 0.3) is 0 Å². The minimum Gasteiger partial charge on any atom is -0.452 e. The first-order valence-corrected chi connectivity index (χ1v) is 7.94. The van der Waals surface area contributed by atoms with E-state index in [0.29, 0.717) is 11.4 Å². The molecule has 1 aromatic carbocycles. The molecule has 3 amide bonds. The second-order valence-electron chi connectivity index (χ2n) is 4.84. The molecule has 2 rings (SSSR count). The van der Waals surface area contributed by atoms with Gasteiger partial charge in [-0.3, -0.25) is 14.5 Å². The predicted molar refractivity (Wildman–Crippen MR) is 83.2 cm³/mol. The number of carbonyl (C=O) groups excluding carboxylic acids is 4. The molecule has 0 aliphatic carbocycles. The fraction of sp³-hybridized carbons (Fsp3) is 0.333. The standard InChI is InChI=1S/C15H16N2O5S/c1-10(18)9-23-12-5-3-2-4-11(12)14(20)22-8-13(19)17-7-6-16-15(17)21/h2-5H,6-9H2,1H3,(H,16,21). The zero-order valence-corrected chi connectivity index (χ0v) is 13.4. The van der Waals surface area contributed by atoms with Gasteiger partial charge in [0.1, 0.15) is 5.78 Å². The van der Waals surface area contributed by atoms with Crippen LogP contribution in [0.3, 0.4) is 0 Å². The molecule has 0 bridgehead atoms. The van der Waals surface area contributed by atoms with Crippen molar-refractivity contribution in [3.63, 3.8) is 0 Å². The first kappa shape index (κ1) is 17.0. The molecule has 1 fully saturated rings. The summed E-state index contributed by atoms with van der Waals surface area (Å²) < 4.78 is 4.99. The van der Waals surface area contributed by atoms with Crippen LogP contribution in [0.15, 0.2) is 29.2 Å². The van der Waals surface area contributed by atoms with Crippen LogP contribution >= 0.6 is 11.8 Å². The van der Waals surface area contributed by atoms with E-state index in [0.717, 1.165) is 4.90 Å². The van der Waals surface area contributed by atoms with Crippen LogP contribution in [0.4, 0.5) is 4.79 Å². The number of hydrogen-bond donors (Lipinski definition) is 1. The first-order valence-electron chi connectivity index (χ1n) is 6.95. The van der Waals surface area contributed by atoms with Crippen LogP contribution in [-0.4, -0.2) is 54.0 Å². The number of ketones is 1. The third-order valence-corrected chi connectivity index (χ3v) is 4.24. The van der Waals surface area contributed by atoms with E-state index in [1.54, 1.807) is 24.3 Å². The molecule has 1 N–H and O–H groups in total. The molecule has 1 heterocycles. The highest BCUT2D eigenvalue weighted by atomic mass is 32.2. The lowest BCUT2D eigenvalue weighted by atomic mass is 10.2. The van der Waals surface area contributed by atoms with Crippen molar-refractivity contribution in [2.24, 2.45) is 0 Å². The predicted octanol–water partition coefficient (Wildman–Crippen LogP) is 1.08. The second-order valence-corrected chi connectivity index (χ2v) is 5.86. The number of imide groups is 1. The molecular weight excluding hydrogens is 320 g/mol. The Hall–Kier alpha value is -2.35. The molecule has 0 unspecified atom stereocenters. The molecule has 122 valence electrons. The Morgan fingerprint density at radius 2 is 2.04 bits per heavy atom. The summed E-state index contributed by atoms with van der Waals surface area (Å²) in [7, 11) is 0. The Morgan fingerprint density at radius 1 is 1.30 bits per heavy atom. The molecule has 1 aliphatic rings. The van der Waals surface area contributed by atoms with Gasteiger partial charge in [0.2, 0.25) is 0 Å². The van der Waals surface area contributed by atoms with Crippen LogP contribution in [0.2, 0.25) is 0 Å². The quantitative estimate of drug-likeness (QED) is 0.617. The van der Waals surface area contributed by atoms with Crippen molar-refractivity contribution in [1.29, 1.82) is 0 Å². The summed E-state index contributed by atoms with van der Waals surface area (Å²) in [6.45, 7) is 1.62. The van der Waals surface area contributed by atoms with Crippen molar-refractivity contribution in [1.82, 2.24) is 10.2 Å². The third-order valence-electron chi connectivity index (χ3n) is 3.02. The largest absolute Gasteiger partial charge is 0.452 e. The average Bonchev–Trinajstić information content (AvgIpc) is 2.96. The van der Waals surface area contributed by atoms with E-state index in [1.807, 2.05) is 0 Å². The summed E-state index contributed by atoms with van der Waals surface area (Å²) in [5, 5.41) is 2.50. The number of esters is 1. The van der Waals surface area contributed by atoms with Crippen molar-refractivity contribution < 1.29 is 23.9 Å². The van der Waals surface area contributed by atoms with Gasteiger partial charge in [0.15, 0.2) is 6.61 Å². The topological polar surface area (TPSA) is 92.8 Å². The molecule has 8 heteroatoms. The van der Waals surface area contributed by atoms with Crippen LogP contribution in [0, 0.1) is 0 Å². The maximum atomic E-state index is 12.1. The lowest BCUT2D eigenvalue weighted by molar-refractivity contribution is -0.130. The van der Waals surface area contributed by atoms with Crippen molar-refractivity contribution in [3.05, 3.63) is 29.8 Å². The van der Waals surface area contributed by atoms with Gasteiger partial charge < -0.3 is 10.1 Å². The highest BCUT2D eigenvalue weighted by Crippen LogP contribution is 2.23. The summed E-state index contributed by atoms with van der Waals surface area (Å²) in [5.74, 6) is -0.989. The Morgan fingerprint density at radius 3 is 2.70 bits per heavy atom. The van der Waals surface area contributed by atoms with Gasteiger partial charge in [-0.1, -0.05) is 12.1 Å². The number of carbonyl (C=O) groups is 4. The molecule has 0 spiro atoms. The maximum Gasteiger partial charge on any atom is 0.339 e. The number of ether oxygens (including phenoxy) is 1. The Labute approximate surface area is 137 Å². The molecule has 0 radical (unpaired) electrons. The van der Waals surface area contributed by atoms with E-state index >= 15 is 0 Å². The van der Waals surface area contributed by atoms with E-state index in [1.165, 1.54) is 18.7 Å². The van der Waals surface area contributed by atoms with Gasteiger partial charge >= 0.3 is 12.0 Å². The number of nitrogens with zero attached hydrogens (tertiary/aromatic N) is 1.